The number of hydrogen-bond acceptors (Lipinski definition) is 4. The van der Waals surface area contributed by atoms with E-state index < -0.39 is 0 Å². The van der Waals surface area contributed by atoms with E-state index in [9.17, 15) is 4.79 Å². The van der Waals surface area contributed by atoms with Crippen LogP contribution >= 0.6 is 0 Å². The molecule has 1 fully saturated rings. The fourth-order valence-corrected chi connectivity index (χ4v) is 3.37. The first kappa shape index (κ1) is 17.4. The van der Waals surface area contributed by atoms with E-state index in [0.717, 1.165) is 50.4 Å². The number of rotatable bonds is 5. The molecular weight excluding hydrogens is 338 g/mol. The number of amides is 1. The third-order valence-corrected chi connectivity index (χ3v) is 4.92. The lowest BCUT2D eigenvalue weighted by Crippen LogP contribution is -2.48. The number of benzene rings is 1. The highest BCUT2D eigenvalue weighted by atomic mass is 16.2. The van der Waals surface area contributed by atoms with Crippen LogP contribution in [0.25, 0.3) is 0 Å². The average molecular weight is 361 g/mol. The summed E-state index contributed by atoms with van der Waals surface area (Å²) in [6.45, 7) is 4.94. The van der Waals surface area contributed by atoms with Crippen molar-refractivity contribution in [3.05, 3.63) is 83.9 Å². The number of carbonyl (C=O) groups excluding carboxylic acids is 1. The molecular formula is C21H23N5O. The lowest BCUT2D eigenvalue weighted by molar-refractivity contribution is 0.0628. The molecule has 1 saturated heterocycles. The van der Waals surface area contributed by atoms with Crippen LogP contribution < -0.4 is 0 Å². The minimum absolute atomic E-state index is 0.115. The van der Waals surface area contributed by atoms with Gasteiger partial charge in [0.25, 0.3) is 5.91 Å². The number of pyridine rings is 1. The normalized spacial score (nSPS) is 15.0. The van der Waals surface area contributed by atoms with Gasteiger partial charge in [0.15, 0.2) is 0 Å². The number of piperazine rings is 1. The fraction of sp³-hybridized carbons (Fsp3) is 0.286. The molecule has 1 amide bonds. The maximum Gasteiger partial charge on any atom is 0.253 e. The van der Waals surface area contributed by atoms with Crippen LogP contribution in [-0.4, -0.2) is 56.7 Å². The van der Waals surface area contributed by atoms with Gasteiger partial charge in [0, 0.05) is 63.1 Å². The molecule has 1 aliphatic rings. The molecule has 3 aromatic rings. The Morgan fingerprint density at radius 1 is 0.852 bits per heavy atom. The first-order valence-electron chi connectivity index (χ1n) is 9.25. The Morgan fingerprint density at radius 3 is 2.22 bits per heavy atom. The predicted molar refractivity (Wildman–Crippen MR) is 103 cm³/mol. The highest BCUT2D eigenvalue weighted by Crippen LogP contribution is 2.13. The first-order valence-corrected chi connectivity index (χ1v) is 9.25. The fourth-order valence-electron chi connectivity index (χ4n) is 3.37. The van der Waals surface area contributed by atoms with Crippen LogP contribution in [0.5, 0.6) is 0 Å². The third-order valence-electron chi connectivity index (χ3n) is 4.92. The lowest BCUT2D eigenvalue weighted by atomic mass is 10.1. The number of aromatic nitrogens is 3. The van der Waals surface area contributed by atoms with Crippen molar-refractivity contribution in [3.63, 3.8) is 0 Å². The molecule has 27 heavy (non-hydrogen) atoms. The molecule has 0 N–H and O–H groups in total. The zero-order valence-electron chi connectivity index (χ0n) is 15.2. The van der Waals surface area contributed by atoms with Gasteiger partial charge in [-0.2, -0.15) is 5.10 Å². The molecule has 138 valence electrons. The first-order chi connectivity index (χ1) is 13.3. The molecule has 3 heterocycles. The SMILES string of the molecule is O=C(c1ccc(Cn2cccn2)cc1)N1CCN(Cc2ccncc2)CC1. The van der Waals surface area contributed by atoms with Crippen molar-refractivity contribution >= 4 is 5.91 Å². The Bertz CT molecular complexity index is 853. The second kappa shape index (κ2) is 8.14. The molecule has 4 rings (SSSR count). The third kappa shape index (κ3) is 4.41. The number of carbonyl (C=O) groups is 1. The zero-order valence-corrected chi connectivity index (χ0v) is 15.2. The van der Waals surface area contributed by atoms with Crippen LogP contribution in [0.15, 0.2) is 67.3 Å². The minimum atomic E-state index is 0.115. The Balaban J connectivity index is 1.31. The molecule has 0 atom stereocenters. The van der Waals surface area contributed by atoms with Crippen LogP contribution in [0.2, 0.25) is 0 Å². The van der Waals surface area contributed by atoms with Gasteiger partial charge < -0.3 is 4.90 Å². The van der Waals surface area contributed by atoms with Crippen molar-refractivity contribution in [3.8, 4) is 0 Å². The highest BCUT2D eigenvalue weighted by Gasteiger charge is 2.22. The number of hydrogen-bond donors (Lipinski definition) is 0. The molecule has 0 saturated carbocycles. The van der Waals surface area contributed by atoms with E-state index in [4.69, 9.17) is 0 Å². The molecule has 0 spiro atoms. The summed E-state index contributed by atoms with van der Waals surface area (Å²) in [4.78, 5) is 21.2. The van der Waals surface area contributed by atoms with Gasteiger partial charge in [-0.05, 0) is 41.5 Å². The van der Waals surface area contributed by atoms with Gasteiger partial charge in [0.05, 0.1) is 6.54 Å². The molecule has 0 bridgehead atoms. The van der Waals surface area contributed by atoms with Crippen molar-refractivity contribution in [2.75, 3.05) is 26.2 Å². The summed E-state index contributed by atoms with van der Waals surface area (Å²) in [6, 6.07) is 13.9. The maximum absolute atomic E-state index is 12.8. The summed E-state index contributed by atoms with van der Waals surface area (Å²) in [5, 5.41) is 4.21. The van der Waals surface area contributed by atoms with Gasteiger partial charge in [-0.25, -0.2) is 0 Å². The van der Waals surface area contributed by atoms with Crippen molar-refractivity contribution in [2.24, 2.45) is 0 Å². The number of nitrogens with zero attached hydrogens (tertiary/aromatic N) is 5. The maximum atomic E-state index is 12.8. The van der Waals surface area contributed by atoms with E-state index in [0.29, 0.717) is 0 Å². The summed E-state index contributed by atoms with van der Waals surface area (Å²) in [7, 11) is 0. The topological polar surface area (TPSA) is 54.3 Å². The van der Waals surface area contributed by atoms with Gasteiger partial charge in [-0.3, -0.25) is 19.4 Å². The van der Waals surface area contributed by atoms with Crippen LogP contribution in [0.3, 0.4) is 0 Å². The highest BCUT2D eigenvalue weighted by molar-refractivity contribution is 5.94. The second-order valence-electron chi connectivity index (χ2n) is 6.82. The van der Waals surface area contributed by atoms with Crippen molar-refractivity contribution in [1.82, 2.24) is 24.6 Å². The molecule has 1 aliphatic heterocycles. The smallest absolute Gasteiger partial charge is 0.253 e. The molecule has 1 aromatic carbocycles. The molecule has 2 aromatic heterocycles. The van der Waals surface area contributed by atoms with Crippen molar-refractivity contribution in [1.29, 1.82) is 0 Å². The molecule has 0 unspecified atom stereocenters. The average Bonchev–Trinajstić information content (AvgIpc) is 3.22. The van der Waals surface area contributed by atoms with Crippen LogP contribution in [0, 0.1) is 0 Å². The Morgan fingerprint density at radius 2 is 1.56 bits per heavy atom. The summed E-state index contributed by atoms with van der Waals surface area (Å²) in [6.07, 6.45) is 7.35. The summed E-state index contributed by atoms with van der Waals surface area (Å²) in [5.41, 5.74) is 3.15. The Labute approximate surface area is 159 Å². The van der Waals surface area contributed by atoms with Gasteiger partial charge >= 0.3 is 0 Å². The predicted octanol–water partition coefficient (Wildman–Crippen LogP) is 2.28. The van der Waals surface area contributed by atoms with Crippen LogP contribution in [0.4, 0.5) is 0 Å². The van der Waals surface area contributed by atoms with Gasteiger partial charge in [-0.15, -0.1) is 0 Å². The summed E-state index contributed by atoms with van der Waals surface area (Å²) in [5.74, 6) is 0.115. The van der Waals surface area contributed by atoms with E-state index >= 15 is 0 Å². The van der Waals surface area contributed by atoms with E-state index in [1.54, 1.807) is 6.20 Å². The van der Waals surface area contributed by atoms with Crippen LogP contribution in [-0.2, 0) is 13.1 Å². The Hall–Kier alpha value is -2.99. The lowest BCUT2D eigenvalue weighted by Gasteiger charge is -2.34. The summed E-state index contributed by atoms with van der Waals surface area (Å²) < 4.78 is 1.87. The molecule has 0 radical (unpaired) electrons. The van der Waals surface area contributed by atoms with Gasteiger partial charge in [0.2, 0.25) is 0 Å². The monoisotopic (exact) mass is 361 g/mol. The van der Waals surface area contributed by atoms with Gasteiger partial charge in [-0.1, -0.05) is 12.1 Å². The van der Waals surface area contributed by atoms with E-state index in [1.165, 1.54) is 5.56 Å². The van der Waals surface area contributed by atoms with Crippen molar-refractivity contribution in [2.45, 2.75) is 13.1 Å². The second-order valence-corrected chi connectivity index (χ2v) is 6.82. The standard InChI is InChI=1S/C21H23N5O/c27-21(20-4-2-18(3-5-20)17-26-11-1-8-23-26)25-14-12-24(13-15-25)16-19-6-9-22-10-7-19/h1-11H,12-17H2. The summed E-state index contributed by atoms with van der Waals surface area (Å²) >= 11 is 0. The van der Waals surface area contributed by atoms with Gasteiger partial charge in [0.1, 0.15) is 0 Å². The zero-order chi connectivity index (χ0) is 18.5. The van der Waals surface area contributed by atoms with E-state index in [-0.39, 0.29) is 5.91 Å². The van der Waals surface area contributed by atoms with E-state index in [1.807, 2.05) is 70.6 Å². The van der Waals surface area contributed by atoms with Crippen molar-refractivity contribution < 1.29 is 4.79 Å². The minimum Gasteiger partial charge on any atom is -0.336 e. The molecule has 6 heteroatoms. The largest absolute Gasteiger partial charge is 0.336 e. The quantitative estimate of drug-likeness (QED) is 0.700. The molecule has 0 aliphatic carbocycles. The molecule has 6 nitrogen and oxygen atoms in total. The Kier molecular flexibility index (Phi) is 5.25. The van der Waals surface area contributed by atoms with Crippen LogP contribution in [0.1, 0.15) is 21.5 Å². The van der Waals surface area contributed by atoms with E-state index in [2.05, 4.69) is 15.0 Å².